The summed E-state index contributed by atoms with van der Waals surface area (Å²) in [6.45, 7) is 3.81. The van der Waals surface area contributed by atoms with Gasteiger partial charge in [-0.2, -0.15) is 0 Å². The molecule has 2 rings (SSSR count). The Morgan fingerprint density at radius 2 is 2.17 bits per heavy atom. The minimum Gasteiger partial charge on any atom is -0.399 e. The first-order valence-corrected chi connectivity index (χ1v) is 3.96. The highest BCUT2D eigenvalue weighted by molar-refractivity contribution is 5.83. The van der Waals surface area contributed by atoms with Crippen LogP contribution in [0.15, 0.2) is 24.3 Å². The zero-order chi connectivity index (χ0) is 8.55. The summed E-state index contributed by atoms with van der Waals surface area (Å²) >= 11 is 0. The highest BCUT2D eigenvalue weighted by Gasteiger charge is 1.97. The lowest BCUT2D eigenvalue weighted by Crippen LogP contribution is -1.81. The van der Waals surface area contributed by atoms with Crippen LogP contribution in [0.2, 0.25) is 0 Å². The Morgan fingerprint density at radius 1 is 1.33 bits per heavy atom. The van der Waals surface area contributed by atoms with Crippen molar-refractivity contribution in [2.75, 3.05) is 5.73 Å². The van der Waals surface area contributed by atoms with Gasteiger partial charge >= 0.3 is 0 Å². The maximum Gasteiger partial charge on any atom is 0.0457 e. The van der Waals surface area contributed by atoms with E-state index in [1.165, 1.54) is 0 Å². The van der Waals surface area contributed by atoms with Crippen molar-refractivity contribution < 1.29 is 0 Å². The Kier molecular flexibility index (Phi) is 1.54. The molecule has 1 aromatic carbocycles. The summed E-state index contributed by atoms with van der Waals surface area (Å²) in [4.78, 5) is 3.25. The maximum absolute atomic E-state index is 5.65. The van der Waals surface area contributed by atoms with Crippen LogP contribution in [0.3, 0.4) is 0 Å². The number of aromatic nitrogens is 1. The van der Waals surface area contributed by atoms with Gasteiger partial charge in [-0.1, -0.05) is 0 Å². The lowest BCUT2D eigenvalue weighted by Gasteiger charge is -1.90. The van der Waals surface area contributed by atoms with E-state index >= 15 is 0 Å². The number of benzene rings is 1. The smallest absolute Gasteiger partial charge is 0.0457 e. The van der Waals surface area contributed by atoms with E-state index in [0.717, 1.165) is 28.7 Å². The van der Waals surface area contributed by atoms with Gasteiger partial charge in [-0.3, -0.25) is 0 Å². The van der Waals surface area contributed by atoms with E-state index in [4.69, 9.17) is 5.73 Å². The van der Waals surface area contributed by atoms with Crippen LogP contribution < -0.4 is 5.73 Å². The Balaban J connectivity index is 2.67. The number of nitrogen functional groups attached to an aromatic ring is 1. The van der Waals surface area contributed by atoms with E-state index in [9.17, 15) is 0 Å². The molecule has 0 aliphatic heterocycles. The van der Waals surface area contributed by atoms with E-state index in [0.29, 0.717) is 0 Å². The molecule has 2 nitrogen and oxygen atoms in total. The average Bonchev–Trinajstić information content (AvgIpc) is 2.46. The Hall–Kier alpha value is -1.44. The number of fused-ring (bicyclic) bond motifs is 1. The molecule has 0 spiro atoms. The van der Waals surface area contributed by atoms with Crippen LogP contribution in [0.5, 0.6) is 0 Å². The molecule has 61 valence electrons. The van der Waals surface area contributed by atoms with Crippen LogP contribution >= 0.6 is 0 Å². The van der Waals surface area contributed by atoms with Gasteiger partial charge in [0.1, 0.15) is 0 Å². The van der Waals surface area contributed by atoms with Crippen LogP contribution in [0.25, 0.3) is 10.9 Å². The van der Waals surface area contributed by atoms with Gasteiger partial charge in [-0.15, -0.1) is 0 Å². The lowest BCUT2D eigenvalue weighted by molar-refractivity contribution is 1.17. The first-order valence-electron chi connectivity index (χ1n) is 3.96. The van der Waals surface area contributed by atoms with Crippen LogP contribution in [0.1, 0.15) is 5.69 Å². The molecule has 0 aliphatic rings. The normalized spacial score (nSPS) is 10.8. The van der Waals surface area contributed by atoms with Gasteiger partial charge in [0.25, 0.3) is 0 Å². The molecule has 0 saturated heterocycles. The second kappa shape index (κ2) is 2.55. The second-order valence-electron chi connectivity index (χ2n) is 2.89. The number of nitrogens with two attached hydrogens (primary N) is 1. The molecular weight excluding hydrogens is 148 g/mol. The molecule has 0 amide bonds. The van der Waals surface area contributed by atoms with Crippen molar-refractivity contribution >= 4 is 16.6 Å². The minimum absolute atomic E-state index is 0.786. The SMILES string of the molecule is [CH2]Cc1cc2cc(N)ccc2[nH]1. The lowest BCUT2D eigenvalue weighted by atomic mass is 10.2. The third kappa shape index (κ3) is 1.05. The van der Waals surface area contributed by atoms with Gasteiger partial charge in [0.05, 0.1) is 0 Å². The maximum atomic E-state index is 5.65. The fraction of sp³-hybridized carbons (Fsp3) is 0.100. The minimum atomic E-state index is 0.786. The number of H-pyrrole nitrogens is 1. The number of hydrogen-bond donors (Lipinski definition) is 2. The first kappa shape index (κ1) is 7.22. The van der Waals surface area contributed by atoms with Crippen molar-refractivity contribution in [3.8, 4) is 0 Å². The first-order chi connectivity index (χ1) is 5.79. The molecule has 3 N–H and O–H groups in total. The molecule has 1 radical (unpaired) electrons. The van der Waals surface area contributed by atoms with Crippen LogP contribution in [0.4, 0.5) is 5.69 Å². The predicted octanol–water partition coefficient (Wildman–Crippen LogP) is 2.13. The summed E-state index contributed by atoms with van der Waals surface area (Å²) in [6, 6.07) is 7.93. The van der Waals surface area contributed by atoms with Crippen molar-refractivity contribution in [3.63, 3.8) is 0 Å². The highest BCUT2D eigenvalue weighted by Crippen LogP contribution is 2.18. The van der Waals surface area contributed by atoms with E-state index in [2.05, 4.69) is 18.0 Å². The Bertz CT molecular complexity index is 401. The molecule has 0 saturated carbocycles. The Morgan fingerprint density at radius 3 is 2.92 bits per heavy atom. The largest absolute Gasteiger partial charge is 0.399 e. The van der Waals surface area contributed by atoms with Gasteiger partial charge < -0.3 is 10.7 Å². The van der Waals surface area contributed by atoms with Gasteiger partial charge in [0.2, 0.25) is 0 Å². The van der Waals surface area contributed by atoms with E-state index in [1.54, 1.807) is 0 Å². The molecule has 2 heteroatoms. The van der Waals surface area contributed by atoms with Crippen LogP contribution in [-0.4, -0.2) is 4.98 Å². The molecule has 2 aromatic rings. The summed E-state index contributed by atoms with van der Waals surface area (Å²) in [6.07, 6.45) is 0.786. The second-order valence-corrected chi connectivity index (χ2v) is 2.89. The van der Waals surface area contributed by atoms with Crippen molar-refractivity contribution in [1.82, 2.24) is 4.98 Å². The van der Waals surface area contributed by atoms with Gasteiger partial charge in [-0.05, 0) is 37.6 Å². The standard InChI is InChI=1S/C10H11N2/c1-2-9-6-7-5-8(11)3-4-10(7)12-9/h3-6,12H,1-2,11H2. The molecule has 0 atom stereocenters. The molecule has 1 aromatic heterocycles. The molecule has 1 heterocycles. The number of aromatic amines is 1. The van der Waals surface area contributed by atoms with Gasteiger partial charge in [0.15, 0.2) is 0 Å². The van der Waals surface area contributed by atoms with Gasteiger partial charge in [0, 0.05) is 22.3 Å². The Labute approximate surface area is 71.4 Å². The number of anilines is 1. The molecule has 0 fully saturated rings. The summed E-state index contributed by atoms with van der Waals surface area (Å²) in [5.74, 6) is 0. The van der Waals surface area contributed by atoms with Crippen LogP contribution in [0, 0.1) is 6.92 Å². The number of hydrogen-bond acceptors (Lipinski definition) is 1. The van der Waals surface area contributed by atoms with Crippen molar-refractivity contribution in [1.29, 1.82) is 0 Å². The fourth-order valence-electron chi connectivity index (χ4n) is 1.35. The summed E-state index contributed by atoms with van der Waals surface area (Å²) in [7, 11) is 0. The van der Waals surface area contributed by atoms with E-state index in [-0.39, 0.29) is 0 Å². The zero-order valence-corrected chi connectivity index (χ0v) is 6.80. The average molecular weight is 159 g/mol. The fourth-order valence-corrected chi connectivity index (χ4v) is 1.35. The quantitative estimate of drug-likeness (QED) is 0.615. The van der Waals surface area contributed by atoms with Crippen molar-refractivity contribution in [2.45, 2.75) is 6.42 Å². The molecular formula is C10H11N2. The third-order valence-corrected chi connectivity index (χ3v) is 1.97. The monoisotopic (exact) mass is 159 g/mol. The molecule has 0 unspecified atom stereocenters. The molecule has 12 heavy (non-hydrogen) atoms. The topological polar surface area (TPSA) is 41.8 Å². The van der Waals surface area contributed by atoms with Gasteiger partial charge in [-0.25, -0.2) is 0 Å². The van der Waals surface area contributed by atoms with E-state index in [1.807, 2.05) is 18.2 Å². The zero-order valence-electron chi connectivity index (χ0n) is 6.80. The van der Waals surface area contributed by atoms with Crippen LogP contribution in [-0.2, 0) is 6.42 Å². The summed E-state index contributed by atoms with van der Waals surface area (Å²) < 4.78 is 0. The summed E-state index contributed by atoms with van der Waals surface area (Å²) in [5.41, 5.74) is 8.72. The molecule has 0 bridgehead atoms. The summed E-state index contributed by atoms with van der Waals surface area (Å²) in [5, 5.41) is 1.16. The number of rotatable bonds is 1. The predicted molar refractivity (Wildman–Crippen MR) is 51.8 cm³/mol. The van der Waals surface area contributed by atoms with Crippen molar-refractivity contribution in [2.24, 2.45) is 0 Å². The van der Waals surface area contributed by atoms with E-state index < -0.39 is 0 Å². The third-order valence-electron chi connectivity index (χ3n) is 1.97. The molecule has 0 aliphatic carbocycles. The number of nitrogens with one attached hydrogen (secondary N) is 1. The highest BCUT2D eigenvalue weighted by atomic mass is 14.7. The van der Waals surface area contributed by atoms with Crippen molar-refractivity contribution in [3.05, 3.63) is 36.9 Å².